The molecule has 0 radical (unpaired) electrons. The van der Waals surface area contributed by atoms with Crippen LogP contribution in [0.2, 0.25) is 0 Å². The van der Waals surface area contributed by atoms with Crippen LogP contribution in [0.15, 0.2) is 0 Å². The standard InChI is InChI=1S/C11H21N3OS/c1-2-6-12-11(16)13-9-10(15)14-7-4-3-5-8-14/h2-9H2,1H3,(H2,12,13,16). The Hall–Kier alpha value is -0.840. The number of carbonyl (C=O) groups is 1. The summed E-state index contributed by atoms with van der Waals surface area (Å²) in [7, 11) is 0. The number of nitrogens with one attached hydrogen (secondary N) is 2. The maximum absolute atomic E-state index is 11.8. The Kier molecular flexibility index (Phi) is 6.15. The van der Waals surface area contributed by atoms with Crippen LogP contribution in [0.25, 0.3) is 0 Å². The number of carbonyl (C=O) groups excluding carboxylic acids is 1. The van der Waals surface area contributed by atoms with Gasteiger partial charge in [0.25, 0.3) is 0 Å². The number of thiocarbonyl (C=S) groups is 1. The summed E-state index contributed by atoms with van der Waals surface area (Å²) in [5.74, 6) is 0.153. The summed E-state index contributed by atoms with van der Waals surface area (Å²) in [6.45, 7) is 5.04. The number of hydrogen-bond acceptors (Lipinski definition) is 2. The second kappa shape index (κ2) is 7.44. The molecule has 1 fully saturated rings. The molecule has 92 valence electrons. The highest BCUT2D eigenvalue weighted by molar-refractivity contribution is 7.80. The van der Waals surface area contributed by atoms with Gasteiger partial charge in [0.05, 0.1) is 6.54 Å². The zero-order valence-corrected chi connectivity index (χ0v) is 10.7. The van der Waals surface area contributed by atoms with Gasteiger partial charge in [-0.05, 0) is 37.9 Å². The monoisotopic (exact) mass is 243 g/mol. The number of amides is 1. The molecule has 2 N–H and O–H groups in total. The van der Waals surface area contributed by atoms with Crippen LogP contribution in [0.4, 0.5) is 0 Å². The average molecular weight is 243 g/mol. The number of rotatable bonds is 4. The van der Waals surface area contributed by atoms with Gasteiger partial charge in [0, 0.05) is 19.6 Å². The molecule has 5 heteroatoms. The normalized spacial score (nSPS) is 15.7. The van der Waals surface area contributed by atoms with Crippen molar-refractivity contribution in [2.24, 2.45) is 0 Å². The Bertz CT molecular complexity index is 239. The summed E-state index contributed by atoms with van der Waals surface area (Å²) < 4.78 is 0. The van der Waals surface area contributed by atoms with Gasteiger partial charge in [0.2, 0.25) is 5.91 Å². The van der Waals surface area contributed by atoms with Crippen molar-refractivity contribution >= 4 is 23.2 Å². The van der Waals surface area contributed by atoms with Crippen molar-refractivity contribution < 1.29 is 4.79 Å². The van der Waals surface area contributed by atoms with E-state index in [1.54, 1.807) is 0 Å². The molecule has 1 heterocycles. The second-order valence-corrected chi connectivity index (χ2v) is 4.46. The van der Waals surface area contributed by atoms with Crippen LogP contribution in [-0.4, -0.2) is 42.1 Å². The molecular formula is C11H21N3OS. The first kappa shape index (κ1) is 13.2. The molecule has 1 rings (SSSR count). The third-order valence-electron chi connectivity index (χ3n) is 2.64. The van der Waals surface area contributed by atoms with Gasteiger partial charge in [-0.25, -0.2) is 0 Å². The highest BCUT2D eigenvalue weighted by Crippen LogP contribution is 2.07. The average Bonchev–Trinajstić information content (AvgIpc) is 2.34. The third kappa shape index (κ3) is 4.79. The fraction of sp³-hybridized carbons (Fsp3) is 0.818. The van der Waals surface area contributed by atoms with E-state index in [9.17, 15) is 4.79 Å². The van der Waals surface area contributed by atoms with E-state index in [2.05, 4.69) is 17.6 Å². The summed E-state index contributed by atoms with van der Waals surface area (Å²) >= 11 is 5.05. The van der Waals surface area contributed by atoms with Crippen LogP contribution in [0.3, 0.4) is 0 Å². The van der Waals surface area contributed by atoms with Gasteiger partial charge in [-0.2, -0.15) is 0 Å². The van der Waals surface area contributed by atoms with Gasteiger partial charge in [0.15, 0.2) is 5.11 Å². The van der Waals surface area contributed by atoms with Crippen molar-refractivity contribution in [2.45, 2.75) is 32.6 Å². The van der Waals surface area contributed by atoms with E-state index >= 15 is 0 Å². The Morgan fingerprint density at radius 2 is 1.94 bits per heavy atom. The summed E-state index contributed by atoms with van der Waals surface area (Å²) in [6.07, 6.45) is 4.53. The highest BCUT2D eigenvalue weighted by Gasteiger charge is 2.15. The molecule has 1 aliphatic rings. The fourth-order valence-corrected chi connectivity index (χ4v) is 1.89. The van der Waals surface area contributed by atoms with Crippen LogP contribution in [0.1, 0.15) is 32.6 Å². The van der Waals surface area contributed by atoms with Crippen LogP contribution >= 0.6 is 12.2 Å². The van der Waals surface area contributed by atoms with Crippen molar-refractivity contribution in [1.82, 2.24) is 15.5 Å². The number of piperidine rings is 1. The molecule has 1 aliphatic heterocycles. The Balaban J connectivity index is 2.15. The fourth-order valence-electron chi connectivity index (χ4n) is 1.71. The molecule has 0 atom stereocenters. The largest absolute Gasteiger partial charge is 0.363 e. The molecule has 0 aliphatic carbocycles. The molecule has 0 unspecified atom stereocenters. The van der Waals surface area contributed by atoms with E-state index in [4.69, 9.17) is 12.2 Å². The molecule has 1 amide bonds. The summed E-state index contributed by atoms with van der Waals surface area (Å²) in [5, 5.41) is 6.56. The van der Waals surface area contributed by atoms with Crippen molar-refractivity contribution in [3.05, 3.63) is 0 Å². The minimum atomic E-state index is 0.153. The zero-order chi connectivity index (χ0) is 11.8. The second-order valence-electron chi connectivity index (χ2n) is 4.05. The lowest BCUT2D eigenvalue weighted by Crippen LogP contribution is -2.45. The lowest BCUT2D eigenvalue weighted by Gasteiger charge is -2.27. The van der Waals surface area contributed by atoms with Gasteiger partial charge >= 0.3 is 0 Å². The lowest BCUT2D eigenvalue weighted by atomic mass is 10.1. The zero-order valence-electron chi connectivity index (χ0n) is 9.92. The van der Waals surface area contributed by atoms with Crippen LogP contribution in [-0.2, 0) is 4.79 Å². The summed E-state index contributed by atoms with van der Waals surface area (Å²) in [4.78, 5) is 13.7. The summed E-state index contributed by atoms with van der Waals surface area (Å²) in [6, 6.07) is 0. The lowest BCUT2D eigenvalue weighted by molar-refractivity contribution is -0.130. The first-order chi connectivity index (χ1) is 7.74. The first-order valence-electron chi connectivity index (χ1n) is 6.03. The van der Waals surface area contributed by atoms with Crippen molar-refractivity contribution in [1.29, 1.82) is 0 Å². The smallest absolute Gasteiger partial charge is 0.241 e. The van der Waals surface area contributed by atoms with Gasteiger partial charge in [0.1, 0.15) is 0 Å². The van der Waals surface area contributed by atoms with Crippen LogP contribution < -0.4 is 10.6 Å². The van der Waals surface area contributed by atoms with Crippen molar-refractivity contribution in [3.8, 4) is 0 Å². The van der Waals surface area contributed by atoms with Gasteiger partial charge < -0.3 is 15.5 Å². The summed E-state index contributed by atoms with van der Waals surface area (Å²) in [5.41, 5.74) is 0. The van der Waals surface area contributed by atoms with Crippen LogP contribution in [0, 0.1) is 0 Å². The Morgan fingerprint density at radius 3 is 2.56 bits per heavy atom. The Labute approximate surface area is 103 Å². The molecular weight excluding hydrogens is 222 g/mol. The predicted molar refractivity (Wildman–Crippen MR) is 69.3 cm³/mol. The van der Waals surface area contributed by atoms with Crippen molar-refractivity contribution in [3.63, 3.8) is 0 Å². The maximum Gasteiger partial charge on any atom is 0.241 e. The molecule has 4 nitrogen and oxygen atoms in total. The minimum absolute atomic E-state index is 0.153. The molecule has 16 heavy (non-hydrogen) atoms. The van der Waals surface area contributed by atoms with E-state index in [0.29, 0.717) is 11.7 Å². The van der Waals surface area contributed by atoms with Gasteiger partial charge in [-0.1, -0.05) is 6.92 Å². The quantitative estimate of drug-likeness (QED) is 0.719. The molecule has 0 saturated carbocycles. The van der Waals surface area contributed by atoms with E-state index in [1.807, 2.05) is 4.90 Å². The van der Waals surface area contributed by atoms with Crippen LogP contribution in [0.5, 0.6) is 0 Å². The predicted octanol–water partition coefficient (Wildman–Crippen LogP) is 0.873. The maximum atomic E-state index is 11.8. The van der Waals surface area contributed by atoms with Crippen molar-refractivity contribution in [2.75, 3.05) is 26.2 Å². The van der Waals surface area contributed by atoms with E-state index in [0.717, 1.165) is 38.9 Å². The van der Waals surface area contributed by atoms with Gasteiger partial charge in [-0.3, -0.25) is 4.79 Å². The topological polar surface area (TPSA) is 44.4 Å². The third-order valence-corrected chi connectivity index (χ3v) is 2.93. The van der Waals surface area contributed by atoms with E-state index in [-0.39, 0.29) is 5.91 Å². The van der Waals surface area contributed by atoms with E-state index < -0.39 is 0 Å². The molecule has 1 saturated heterocycles. The number of hydrogen-bond donors (Lipinski definition) is 2. The molecule has 0 aromatic carbocycles. The number of nitrogens with zero attached hydrogens (tertiary/aromatic N) is 1. The first-order valence-corrected chi connectivity index (χ1v) is 6.44. The Morgan fingerprint density at radius 1 is 1.25 bits per heavy atom. The SMILES string of the molecule is CCCNC(=S)NCC(=O)N1CCCCC1. The molecule has 0 aromatic heterocycles. The van der Waals surface area contributed by atoms with Gasteiger partial charge in [-0.15, -0.1) is 0 Å². The number of likely N-dealkylation sites (tertiary alicyclic amines) is 1. The molecule has 0 bridgehead atoms. The molecule has 0 aromatic rings. The molecule has 0 spiro atoms. The highest BCUT2D eigenvalue weighted by atomic mass is 32.1. The minimum Gasteiger partial charge on any atom is -0.363 e. The van der Waals surface area contributed by atoms with E-state index in [1.165, 1.54) is 6.42 Å².